The van der Waals surface area contributed by atoms with Crippen LogP contribution in [0.1, 0.15) is 29.0 Å². The molecule has 1 aromatic carbocycles. The molecule has 2 aromatic rings. The molecule has 0 bridgehead atoms. The van der Waals surface area contributed by atoms with Crippen LogP contribution in [0, 0.1) is 0 Å². The van der Waals surface area contributed by atoms with E-state index in [0.717, 1.165) is 63.9 Å². The Morgan fingerprint density at radius 1 is 1.14 bits per heavy atom. The van der Waals surface area contributed by atoms with Gasteiger partial charge in [-0.15, -0.1) is 11.3 Å². The van der Waals surface area contributed by atoms with E-state index in [4.69, 9.17) is 14.2 Å². The maximum atomic E-state index is 6.01. The lowest BCUT2D eigenvalue weighted by atomic mass is 10.0. The Bertz CT molecular complexity index is 773. The van der Waals surface area contributed by atoms with Gasteiger partial charge in [0.25, 0.3) is 0 Å². The second-order valence-electron chi connectivity index (χ2n) is 7.48. The normalized spacial score (nSPS) is 20.7. The Balaban J connectivity index is 1.35. The van der Waals surface area contributed by atoms with Gasteiger partial charge in [0.05, 0.1) is 20.3 Å². The fraction of sp³-hybridized carbons (Fsp3) is 0.545. The number of nitrogens with zero attached hydrogens (tertiary/aromatic N) is 2. The number of thiophene rings is 1. The van der Waals surface area contributed by atoms with Crippen molar-refractivity contribution in [1.29, 1.82) is 0 Å². The molecule has 1 aromatic heterocycles. The van der Waals surface area contributed by atoms with Crippen molar-refractivity contribution in [3.63, 3.8) is 0 Å². The predicted octanol–water partition coefficient (Wildman–Crippen LogP) is 3.59. The minimum Gasteiger partial charge on any atom is -0.493 e. The third-order valence-corrected chi connectivity index (χ3v) is 6.78. The van der Waals surface area contributed by atoms with Gasteiger partial charge in [-0.05, 0) is 48.1 Å². The summed E-state index contributed by atoms with van der Waals surface area (Å²) in [4.78, 5) is 6.47. The van der Waals surface area contributed by atoms with Gasteiger partial charge >= 0.3 is 0 Å². The summed E-state index contributed by atoms with van der Waals surface area (Å²) in [6.45, 7) is 9.54. The Morgan fingerprint density at radius 3 is 2.82 bits per heavy atom. The molecule has 5 nitrogen and oxygen atoms in total. The van der Waals surface area contributed by atoms with Crippen molar-refractivity contribution in [3.05, 3.63) is 45.6 Å². The molecule has 1 saturated heterocycles. The second-order valence-corrected chi connectivity index (χ2v) is 8.48. The third-order valence-electron chi connectivity index (χ3n) is 5.79. The summed E-state index contributed by atoms with van der Waals surface area (Å²) in [5.41, 5.74) is 2.76. The Kier molecular flexibility index (Phi) is 6.52. The largest absolute Gasteiger partial charge is 0.493 e. The van der Waals surface area contributed by atoms with Gasteiger partial charge in [0.1, 0.15) is 6.61 Å². The average molecular weight is 403 g/mol. The molecule has 0 aliphatic carbocycles. The van der Waals surface area contributed by atoms with E-state index < -0.39 is 0 Å². The third kappa shape index (κ3) is 4.51. The highest BCUT2D eigenvalue weighted by Gasteiger charge is 2.24. The van der Waals surface area contributed by atoms with Crippen LogP contribution in [0.25, 0.3) is 0 Å². The molecule has 152 valence electrons. The van der Waals surface area contributed by atoms with Crippen molar-refractivity contribution in [3.8, 4) is 11.5 Å². The lowest BCUT2D eigenvalue weighted by Gasteiger charge is -2.33. The van der Waals surface area contributed by atoms with Crippen molar-refractivity contribution in [2.75, 3.05) is 53.1 Å². The van der Waals surface area contributed by atoms with Crippen LogP contribution in [0.3, 0.4) is 0 Å². The standard InChI is InChI=1S/C22H30N2O3S/c1-17-19-6-14-28-22(19)5-7-24(17)16-18-3-4-20(21(15-18)25-2)27-13-10-23-8-11-26-12-9-23/h3-4,6,14-15,17H,5,7-13,16H2,1-2H3/t17-/m1/s1. The topological polar surface area (TPSA) is 34.2 Å². The van der Waals surface area contributed by atoms with Crippen LogP contribution >= 0.6 is 11.3 Å². The number of fused-ring (bicyclic) bond motifs is 1. The predicted molar refractivity (Wildman–Crippen MR) is 113 cm³/mol. The summed E-state index contributed by atoms with van der Waals surface area (Å²) in [6, 6.07) is 9.09. The molecule has 0 spiro atoms. The quantitative estimate of drug-likeness (QED) is 0.707. The monoisotopic (exact) mass is 402 g/mol. The van der Waals surface area contributed by atoms with Crippen molar-refractivity contribution in [1.82, 2.24) is 9.80 Å². The van der Waals surface area contributed by atoms with Gasteiger partial charge in [0, 0.05) is 43.6 Å². The smallest absolute Gasteiger partial charge is 0.161 e. The van der Waals surface area contributed by atoms with Crippen molar-refractivity contribution >= 4 is 11.3 Å². The molecule has 0 unspecified atom stereocenters. The highest BCUT2D eigenvalue weighted by Crippen LogP contribution is 2.35. The van der Waals surface area contributed by atoms with E-state index in [0.29, 0.717) is 12.6 Å². The van der Waals surface area contributed by atoms with Crippen LogP contribution < -0.4 is 9.47 Å². The Morgan fingerprint density at radius 2 is 2.00 bits per heavy atom. The van der Waals surface area contributed by atoms with E-state index in [1.54, 1.807) is 12.0 Å². The lowest BCUT2D eigenvalue weighted by Crippen LogP contribution is -2.38. The molecule has 3 heterocycles. The second kappa shape index (κ2) is 9.27. The number of benzene rings is 1. The van der Waals surface area contributed by atoms with Gasteiger partial charge in [0.2, 0.25) is 0 Å². The van der Waals surface area contributed by atoms with Gasteiger partial charge < -0.3 is 14.2 Å². The van der Waals surface area contributed by atoms with Crippen molar-refractivity contribution in [2.45, 2.75) is 25.9 Å². The molecular weight excluding hydrogens is 372 g/mol. The molecule has 0 radical (unpaired) electrons. The van der Waals surface area contributed by atoms with Crippen LogP contribution in [0.5, 0.6) is 11.5 Å². The van der Waals surface area contributed by atoms with Crippen molar-refractivity contribution < 1.29 is 14.2 Å². The summed E-state index contributed by atoms with van der Waals surface area (Å²) in [7, 11) is 1.72. The van der Waals surface area contributed by atoms with Gasteiger partial charge in [-0.1, -0.05) is 6.07 Å². The molecule has 0 amide bonds. The van der Waals surface area contributed by atoms with E-state index in [2.05, 4.69) is 46.4 Å². The van der Waals surface area contributed by atoms with E-state index >= 15 is 0 Å². The van der Waals surface area contributed by atoms with Gasteiger partial charge in [-0.3, -0.25) is 9.80 Å². The molecule has 1 fully saturated rings. The van der Waals surface area contributed by atoms with E-state index in [1.807, 2.05) is 11.3 Å². The zero-order chi connectivity index (χ0) is 19.3. The highest BCUT2D eigenvalue weighted by atomic mass is 32.1. The number of methoxy groups -OCH3 is 1. The first-order valence-corrected chi connectivity index (χ1v) is 11.0. The zero-order valence-corrected chi connectivity index (χ0v) is 17.7. The first kappa shape index (κ1) is 19.7. The molecule has 1 atom stereocenters. The van der Waals surface area contributed by atoms with Crippen molar-refractivity contribution in [2.24, 2.45) is 0 Å². The maximum Gasteiger partial charge on any atom is 0.161 e. The summed E-state index contributed by atoms with van der Waals surface area (Å²) in [6.07, 6.45) is 1.15. The number of rotatable bonds is 7. The van der Waals surface area contributed by atoms with Crippen LogP contribution in [0.15, 0.2) is 29.6 Å². The molecule has 0 N–H and O–H groups in total. The summed E-state index contributed by atoms with van der Waals surface area (Å²) in [5.74, 6) is 1.65. The number of morpholine rings is 1. The number of hydrogen-bond donors (Lipinski definition) is 0. The minimum atomic E-state index is 0.463. The molecule has 4 rings (SSSR count). The molecule has 2 aliphatic rings. The first-order chi connectivity index (χ1) is 13.7. The Hall–Kier alpha value is -1.60. The van der Waals surface area contributed by atoms with Gasteiger partial charge in [0.15, 0.2) is 11.5 Å². The van der Waals surface area contributed by atoms with Crippen LogP contribution in [-0.4, -0.2) is 62.9 Å². The van der Waals surface area contributed by atoms with Crippen LogP contribution in [0.2, 0.25) is 0 Å². The lowest BCUT2D eigenvalue weighted by molar-refractivity contribution is 0.0321. The molecule has 28 heavy (non-hydrogen) atoms. The SMILES string of the molecule is COc1cc(CN2CCc3sccc3[C@H]2C)ccc1OCCN1CCOCC1. The summed E-state index contributed by atoms with van der Waals surface area (Å²) >= 11 is 1.89. The van der Waals surface area contributed by atoms with E-state index in [9.17, 15) is 0 Å². The van der Waals surface area contributed by atoms with E-state index in [-0.39, 0.29) is 0 Å². The summed E-state index contributed by atoms with van der Waals surface area (Å²) in [5, 5.41) is 2.22. The number of ether oxygens (including phenoxy) is 3. The van der Waals surface area contributed by atoms with Gasteiger partial charge in [-0.25, -0.2) is 0 Å². The summed E-state index contributed by atoms with van der Waals surface area (Å²) < 4.78 is 17.0. The highest BCUT2D eigenvalue weighted by molar-refractivity contribution is 7.10. The van der Waals surface area contributed by atoms with Crippen LogP contribution in [0.4, 0.5) is 0 Å². The molecule has 0 saturated carbocycles. The minimum absolute atomic E-state index is 0.463. The van der Waals surface area contributed by atoms with Crippen LogP contribution in [-0.2, 0) is 17.7 Å². The first-order valence-electron chi connectivity index (χ1n) is 10.1. The maximum absolute atomic E-state index is 6.01. The van der Waals surface area contributed by atoms with E-state index in [1.165, 1.54) is 11.1 Å². The zero-order valence-electron chi connectivity index (χ0n) is 16.9. The average Bonchev–Trinajstić information content (AvgIpc) is 3.21. The van der Waals surface area contributed by atoms with Gasteiger partial charge in [-0.2, -0.15) is 0 Å². The fourth-order valence-corrected chi connectivity index (χ4v) is 5.01. The molecular formula is C22H30N2O3S. The fourth-order valence-electron chi connectivity index (χ4n) is 4.05. The number of hydrogen-bond acceptors (Lipinski definition) is 6. The molecule has 2 aliphatic heterocycles. The Labute approximate surface area is 171 Å². The molecule has 6 heteroatoms.